The number of nitrogens with one attached hydrogen (secondary N) is 1. The van der Waals surface area contributed by atoms with Gasteiger partial charge in [0.2, 0.25) is 5.91 Å². The molecule has 7 heteroatoms. The molecule has 7 nitrogen and oxygen atoms in total. The number of fused-ring (bicyclic) bond motifs is 1. The first-order chi connectivity index (χ1) is 15.9. The number of rotatable bonds is 4. The monoisotopic (exact) mass is 446 g/mol. The van der Waals surface area contributed by atoms with E-state index in [0.717, 1.165) is 42.5 Å². The minimum absolute atomic E-state index is 0.135. The standard InChI is InChI=1S/C26H30N4O3/c1-17-9-7-12-21(18(17)2)30-24(31)22-15-20(23-13-8-14-33-23)28-29(22)16-26(30,3)25(32)27-19-10-5-4-6-11-19/h7-9,12-15,19H,4-6,10-11,16H2,1-3H3,(H,27,32). The second kappa shape index (κ2) is 8.21. The van der Waals surface area contributed by atoms with Gasteiger partial charge in [-0.3, -0.25) is 19.2 Å². The van der Waals surface area contributed by atoms with Crippen LogP contribution in [-0.2, 0) is 11.3 Å². The molecule has 0 spiro atoms. The van der Waals surface area contributed by atoms with Crippen LogP contribution in [0.5, 0.6) is 0 Å². The summed E-state index contributed by atoms with van der Waals surface area (Å²) in [5.74, 6) is 0.224. The first-order valence-corrected chi connectivity index (χ1v) is 11.7. The van der Waals surface area contributed by atoms with Crippen LogP contribution in [0.4, 0.5) is 5.69 Å². The highest BCUT2D eigenvalue weighted by Gasteiger charge is 2.49. The van der Waals surface area contributed by atoms with E-state index in [1.165, 1.54) is 6.42 Å². The number of hydrogen-bond donors (Lipinski definition) is 1. The van der Waals surface area contributed by atoms with Gasteiger partial charge in [0, 0.05) is 17.8 Å². The first kappa shape index (κ1) is 21.5. The number of amides is 2. The predicted octanol–water partition coefficient (Wildman–Crippen LogP) is 4.63. The normalized spacial score (nSPS) is 21.2. The largest absolute Gasteiger partial charge is 0.463 e. The van der Waals surface area contributed by atoms with Crippen molar-refractivity contribution in [3.05, 3.63) is 59.5 Å². The van der Waals surface area contributed by atoms with Gasteiger partial charge in [-0.25, -0.2) is 0 Å². The zero-order chi connectivity index (χ0) is 23.2. The molecule has 0 bridgehead atoms. The van der Waals surface area contributed by atoms with Crippen molar-refractivity contribution >= 4 is 17.5 Å². The van der Waals surface area contributed by atoms with E-state index in [-0.39, 0.29) is 24.4 Å². The van der Waals surface area contributed by atoms with Crippen molar-refractivity contribution in [2.24, 2.45) is 0 Å². The Morgan fingerprint density at radius 2 is 1.94 bits per heavy atom. The number of aromatic nitrogens is 2. The smallest absolute Gasteiger partial charge is 0.277 e. The van der Waals surface area contributed by atoms with Gasteiger partial charge in [-0.15, -0.1) is 0 Å². The SMILES string of the molecule is Cc1cccc(N2C(=O)c3cc(-c4ccco4)nn3CC2(C)C(=O)NC2CCCCC2)c1C. The van der Waals surface area contributed by atoms with E-state index < -0.39 is 5.54 Å². The molecule has 3 heterocycles. The van der Waals surface area contributed by atoms with Crippen molar-refractivity contribution in [1.82, 2.24) is 15.1 Å². The Bertz CT molecular complexity index is 1190. The zero-order valence-electron chi connectivity index (χ0n) is 19.4. The average Bonchev–Trinajstić information content (AvgIpc) is 3.47. The predicted molar refractivity (Wildman–Crippen MR) is 126 cm³/mol. The van der Waals surface area contributed by atoms with Crippen molar-refractivity contribution in [3.63, 3.8) is 0 Å². The fraction of sp³-hybridized carbons (Fsp3) is 0.423. The lowest BCUT2D eigenvalue weighted by Crippen LogP contribution is -2.65. The summed E-state index contributed by atoms with van der Waals surface area (Å²) in [6.45, 7) is 6.13. The Hall–Kier alpha value is -3.35. The van der Waals surface area contributed by atoms with Crippen molar-refractivity contribution in [3.8, 4) is 11.5 Å². The number of aryl methyl sites for hydroxylation is 1. The van der Waals surface area contributed by atoms with Gasteiger partial charge in [-0.1, -0.05) is 31.4 Å². The molecule has 1 unspecified atom stereocenters. The zero-order valence-corrected chi connectivity index (χ0v) is 19.4. The minimum Gasteiger partial charge on any atom is -0.463 e. The van der Waals surface area contributed by atoms with E-state index in [4.69, 9.17) is 4.42 Å². The number of furan rings is 1. The average molecular weight is 447 g/mol. The van der Waals surface area contributed by atoms with E-state index >= 15 is 0 Å². The third kappa shape index (κ3) is 3.65. The van der Waals surface area contributed by atoms with Crippen LogP contribution in [0.2, 0.25) is 0 Å². The molecule has 1 atom stereocenters. The van der Waals surface area contributed by atoms with Crippen molar-refractivity contribution in [2.75, 3.05) is 4.90 Å². The topological polar surface area (TPSA) is 80.4 Å². The number of anilines is 1. The summed E-state index contributed by atoms with van der Waals surface area (Å²) in [4.78, 5) is 29.4. The molecule has 172 valence electrons. The van der Waals surface area contributed by atoms with Gasteiger partial charge in [-0.2, -0.15) is 5.10 Å². The second-order valence-corrected chi connectivity index (χ2v) is 9.49. The van der Waals surface area contributed by atoms with Gasteiger partial charge < -0.3 is 9.73 Å². The lowest BCUT2D eigenvalue weighted by Gasteiger charge is -2.44. The van der Waals surface area contributed by atoms with E-state index in [9.17, 15) is 9.59 Å². The van der Waals surface area contributed by atoms with Gasteiger partial charge in [0.05, 0.1) is 12.8 Å². The van der Waals surface area contributed by atoms with Gasteiger partial charge in [0.1, 0.15) is 16.9 Å². The molecule has 1 aliphatic carbocycles. The molecule has 1 fully saturated rings. The Morgan fingerprint density at radius 1 is 1.15 bits per heavy atom. The third-order valence-electron chi connectivity index (χ3n) is 7.17. The van der Waals surface area contributed by atoms with Crippen LogP contribution in [0.25, 0.3) is 11.5 Å². The highest BCUT2D eigenvalue weighted by Crippen LogP contribution is 2.37. The molecule has 1 aliphatic heterocycles. The first-order valence-electron chi connectivity index (χ1n) is 11.7. The molecule has 2 amide bonds. The molecule has 3 aromatic rings. The van der Waals surface area contributed by atoms with E-state index in [1.807, 2.05) is 45.0 Å². The summed E-state index contributed by atoms with van der Waals surface area (Å²) in [6.07, 6.45) is 7.00. The molecule has 1 saturated carbocycles. The van der Waals surface area contributed by atoms with E-state index in [1.54, 1.807) is 28.0 Å². The number of carbonyl (C=O) groups is 2. The van der Waals surface area contributed by atoms with Crippen LogP contribution < -0.4 is 10.2 Å². The third-order valence-corrected chi connectivity index (χ3v) is 7.17. The lowest BCUT2D eigenvalue weighted by atomic mass is 9.90. The Kier molecular flexibility index (Phi) is 5.35. The highest BCUT2D eigenvalue weighted by atomic mass is 16.3. The number of nitrogens with zero attached hydrogens (tertiary/aromatic N) is 3. The van der Waals surface area contributed by atoms with Crippen LogP contribution in [0.3, 0.4) is 0 Å². The maximum Gasteiger partial charge on any atom is 0.277 e. The summed E-state index contributed by atoms with van der Waals surface area (Å²) < 4.78 is 7.15. The van der Waals surface area contributed by atoms with Gasteiger partial charge >= 0.3 is 0 Å². The molecular formula is C26H30N4O3. The molecule has 2 aliphatic rings. The van der Waals surface area contributed by atoms with Crippen LogP contribution in [-0.4, -0.2) is 33.2 Å². The summed E-state index contributed by atoms with van der Waals surface area (Å²) in [5.41, 5.74) is 2.74. The molecule has 0 saturated heterocycles. The van der Waals surface area contributed by atoms with Crippen LogP contribution in [0.15, 0.2) is 47.1 Å². The maximum absolute atomic E-state index is 13.9. The summed E-state index contributed by atoms with van der Waals surface area (Å²) in [5, 5.41) is 7.89. The van der Waals surface area contributed by atoms with Gasteiger partial charge in [0.15, 0.2) is 5.76 Å². The van der Waals surface area contributed by atoms with Crippen LogP contribution >= 0.6 is 0 Å². The van der Waals surface area contributed by atoms with Crippen LogP contribution in [0, 0.1) is 13.8 Å². The maximum atomic E-state index is 13.9. The fourth-order valence-electron chi connectivity index (χ4n) is 5.07. The van der Waals surface area contributed by atoms with Gasteiger partial charge in [0.25, 0.3) is 5.91 Å². The molecular weight excluding hydrogens is 416 g/mol. The number of hydrogen-bond acceptors (Lipinski definition) is 4. The van der Waals surface area contributed by atoms with Crippen molar-refractivity contribution in [1.29, 1.82) is 0 Å². The molecule has 2 aromatic heterocycles. The molecule has 33 heavy (non-hydrogen) atoms. The number of carbonyl (C=O) groups excluding carboxylic acids is 2. The Balaban J connectivity index is 1.59. The van der Waals surface area contributed by atoms with Crippen molar-refractivity contribution < 1.29 is 14.0 Å². The quantitative estimate of drug-likeness (QED) is 0.634. The Labute approximate surface area is 193 Å². The summed E-state index contributed by atoms with van der Waals surface area (Å²) in [6, 6.07) is 11.4. The second-order valence-electron chi connectivity index (χ2n) is 9.49. The minimum atomic E-state index is -1.12. The van der Waals surface area contributed by atoms with E-state index in [0.29, 0.717) is 17.1 Å². The van der Waals surface area contributed by atoms with Crippen molar-refractivity contribution in [2.45, 2.75) is 71.0 Å². The van der Waals surface area contributed by atoms with E-state index in [2.05, 4.69) is 10.4 Å². The molecule has 0 radical (unpaired) electrons. The Morgan fingerprint density at radius 3 is 2.67 bits per heavy atom. The van der Waals surface area contributed by atoms with Crippen LogP contribution in [0.1, 0.15) is 60.6 Å². The van der Waals surface area contributed by atoms with Gasteiger partial charge in [-0.05, 0) is 62.9 Å². The summed E-state index contributed by atoms with van der Waals surface area (Å²) in [7, 11) is 0. The highest BCUT2D eigenvalue weighted by molar-refractivity contribution is 6.12. The summed E-state index contributed by atoms with van der Waals surface area (Å²) >= 11 is 0. The molecule has 1 aromatic carbocycles. The lowest BCUT2D eigenvalue weighted by molar-refractivity contribution is -0.127. The molecule has 5 rings (SSSR count). The number of benzene rings is 1. The fourth-order valence-corrected chi connectivity index (χ4v) is 5.07. The molecule has 1 N–H and O–H groups in total.